The standard InChI is InChI=1S/C26H24N2O/c1-16-12-14-20(15-13-16)25-19(4)23(21-10-5-6-11-22(21)27-25)26(29)28-24-17(2)8-7-9-18(24)3/h5-15H,1-4H3,(H,28,29). The van der Waals surface area contributed by atoms with Crippen molar-refractivity contribution in [2.75, 3.05) is 5.32 Å². The Morgan fingerprint density at radius 1 is 0.793 bits per heavy atom. The third kappa shape index (κ3) is 3.52. The maximum Gasteiger partial charge on any atom is 0.256 e. The number of benzene rings is 3. The first-order chi connectivity index (χ1) is 14.0. The number of hydrogen-bond donors (Lipinski definition) is 1. The van der Waals surface area contributed by atoms with Gasteiger partial charge in [0.05, 0.1) is 16.8 Å². The molecule has 1 aromatic heterocycles. The largest absolute Gasteiger partial charge is 0.321 e. The Morgan fingerprint density at radius 3 is 2.14 bits per heavy atom. The number of nitrogens with one attached hydrogen (secondary N) is 1. The average molecular weight is 380 g/mol. The molecule has 3 heteroatoms. The minimum atomic E-state index is -0.105. The molecule has 0 aliphatic rings. The van der Waals surface area contributed by atoms with Crippen molar-refractivity contribution in [1.29, 1.82) is 0 Å². The minimum Gasteiger partial charge on any atom is -0.321 e. The molecule has 29 heavy (non-hydrogen) atoms. The zero-order chi connectivity index (χ0) is 20.5. The van der Waals surface area contributed by atoms with Gasteiger partial charge >= 0.3 is 0 Å². The van der Waals surface area contributed by atoms with Crippen molar-refractivity contribution in [2.45, 2.75) is 27.7 Å². The molecule has 0 spiro atoms. The molecule has 1 heterocycles. The van der Waals surface area contributed by atoms with Gasteiger partial charge in [-0.05, 0) is 50.5 Å². The van der Waals surface area contributed by atoms with Crippen LogP contribution in [-0.4, -0.2) is 10.9 Å². The number of carbonyl (C=O) groups excluding carboxylic acids is 1. The molecule has 0 saturated heterocycles. The fourth-order valence-electron chi connectivity index (χ4n) is 3.78. The fraction of sp³-hybridized carbons (Fsp3) is 0.154. The van der Waals surface area contributed by atoms with E-state index in [0.29, 0.717) is 5.56 Å². The Labute approximate surface area is 171 Å². The lowest BCUT2D eigenvalue weighted by Gasteiger charge is -2.17. The molecule has 144 valence electrons. The summed E-state index contributed by atoms with van der Waals surface area (Å²) in [6.07, 6.45) is 0. The third-order valence-electron chi connectivity index (χ3n) is 5.41. The van der Waals surface area contributed by atoms with Crippen molar-refractivity contribution in [3.8, 4) is 11.3 Å². The van der Waals surface area contributed by atoms with Crippen LogP contribution in [0.3, 0.4) is 0 Å². The lowest BCUT2D eigenvalue weighted by Crippen LogP contribution is -2.16. The number of rotatable bonds is 3. The molecule has 3 aromatic carbocycles. The predicted octanol–water partition coefficient (Wildman–Crippen LogP) is 6.39. The first kappa shape index (κ1) is 18.9. The molecule has 3 nitrogen and oxygen atoms in total. The molecule has 0 aliphatic heterocycles. The molecular formula is C26H24N2O. The second-order valence-corrected chi connectivity index (χ2v) is 7.56. The van der Waals surface area contributed by atoms with Crippen LogP contribution in [0.5, 0.6) is 0 Å². The van der Waals surface area contributed by atoms with Gasteiger partial charge in [0.25, 0.3) is 5.91 Å². The summed E-state index contributed by atoms with van der Waals surface area (Å²) in [5.74, 6) is -0.105. The number of anilines is 1. The average Bonchev–Trinajstić information content (AvgIpc) is 2.71. The summed E-state index contributed by atoms with van der Waals surface area (Å²) in [5.41, 5.74) is 8.40. The fourth-order valence-corrected chi connectivity index (χ4v) is 3.78. The SMILES string of the molecule is Cc1ccc(-c2nc3ccccc3c(C(=O)Nc3c(C)cccc3C)c2C)cc1. The quantitative estimate of drug-likeness (QED) is 0.447. The molecule has 0 saturated carbocycles. The summed E-state index contributed by atoms with van der Waals surface area (Å²) in [7, 11) is 0. The molecule has 4 rings (SSSR count). The number of nitrogens with zero attached hydrogens (tertiary/aromatic N) is 1. The molecule has 4 aromatic rings. The number of para-hydroxylation sites is 2. The second kappa shape index (κ2) is 7.51. The van der Waals surface area contributed by atoms with E-state index >= 15 is 0 Å². The number of fused-ring (bicyclic) bond motifs is 1. The van der Waals surface area contributed by atoms with E-state index in [4.69, 9.17) is 4.98 Å². The number of pyridine rings is 1. The van der Waals surface area contributed by atoms with Crippen LogP contribution in [0.15, 0.2) is 66.7 Å². The molecule has 1 amide bonds. The highest BCUT2D eigenvalue weighted by Crippen LogP contribution is 2.31. The molecule has 1 N–H and O–H groups in total. The minimum absolute atomic E-state index is 0.105. The van der Waals surface area contributed by atoms with E-state index in [1.54, 1.807) is 0 Å². The number of aromatic nitrogens is 1. The highest BCUT2D eigenvalue weighted by Gasteiger charge is 2.20. The van der Waals surface area contributed by atoms with Crippen molar-refractivity contribution in [2.24, 2.45) is 0 Å². The Bertz CT molecular complexity index is 1200. The van der Waals surface area contributed by atoms with E-state index in [1.807, 2.05) is 63.2 Å². The van der Waals surface area contributed by atoms with Gasteiger partial charge < -0.3 is 5.32 Å². The van der Waals surface area contributed by atoms with E-state index in [2.05, 4.69) is 36.5 Å². The van der Waals surface area contributed by atoms with Gasteiger partial charge in [0.15, 0.2) is 0 Å². The summed E-state index contributed by atoms with van der Waals surface area (Å²) in [6.45, 7) is 8.07. The molecule has 0 radical (unpaired) electrons. The van der Waals surface area contributed by atoms with Crippen LogP contribution in [0.1, 0.15) is 32.6 Å². The van der Waals surface area contributed by atoms with Crippen LogP contribution in [0, 0.1) is 27.7 Å². The summed E-state index contributed by atoms with van der Waals surface area (Å²) in [6, 6.07) is 22.1. The van der Waals surface area contributed by atoms with Crippen LogP contribution >= 0.6 is 0 Å². The Kier molecular flexibility index (Phi) is 4.89. The Balaban J connectivity index is 1.89. The van der Waals surface area contributed by atoms with Gasteiger partial charge in [-0.2, -0.15) is 0 Å². The first-order valence-corrected chi connectivity index (χ1v) is 9.79. The van der Waals surface area contributed by atoms with Gasteiger partial charge in [-0.1, -0.05) is 66.2 Å². The molecule has 0 unspecified atom stereocenters. The predicted molar refractivity (Wildman–Crippen MR) is 121 cm³/mol. The third-order valence-corrected chi connectivity index (χ3v) is 5.41. The van der Waals surface area contributed by atoms with Crippen molar-refractivity contribution in [3.63, 3.8) is 0 Å². The van der Waals surface area contributed by atoms with Crippen molar-refractivity contribution in [1.82, 2.24) is 4.98 Å². The zero-order valence-electron chi connectivity index (χ0n) is 17.2. The summed E-state index contributed by atoms with van der Waals surface area (Å²) in [4.78, 5) is 18.3. The highest BCUT2D eigenvalue weighted by atomic mass is 16.1. The smallest absolute Gasteiger partial charge is 0.256 e. The number of carbonyl (C=O) groups is 1. The zero-order valence-corrected chi connectivity index (χ0v) is 17.2. The lowest BCUT2D eigenvalue weighted by molar-refractivity contribution is 0.102. The normalized spacial score (nSPS) is 10.9. The molecule has 0 atom stereocenters. The molecule has 0 aliphatic carbocycles. The van der Waals surface area contributed by atoms with Gasteiger partial charge in [0.1, 0.15) is 0 Å². The second-order valence-electron chi connectivity index (χ2n) is 7.56. The Morgan fingerprint density at radius 2 is 1.45 bits per heavy atom. The summed E-state index contributed by atoms with van der Waals surface area (Å²) >= 11 is 0. The van der Waals surface area contributed by atoms with E-state index in [9.17, 15) is 4.79 Å². The van der Waals surface area contributed by atoms with E-state index in [0.717, 1.165) is 44.5 Å². The lowest BCUT2D eigenvalue weighted by atomic mass is 9.96. The molecule has 0 bridgehead atoms. The van der Waals surface area contributed by atoms with Crippen LogP contribution in [0.25, 0.3) is 22.2 Å². The topological polar surface area (TPSA) is 42.0 Å². The van der Waals surface area contributed by atoms with Gasteiger partial charge in [-0.3, -0.25) is 4.79 Å². The highest BCUT2D eigenvalue weighted by molar-refractivity contribution is 6.14. The van der Waals surface area contributed by atoms with Crippen molar-refractivity contribution < 1.29 is 4.79 Å². The number of hydrogen-bond acceptors (Lipinski definition) is 2. The van der Waals surface area contributed by atoms with E-state index in [-0.39, 0.29) is 5.91 Å². The van der Waals surface area contributed by atoms with Gasteiger partial charge in [0.2, 0.25) is 0 Å². The monoisotopic (exact) mass is 380 g/mol. The van der Waals surface area contributed by atoms with Gasteiger partial charge in [-0.15, -0.1) is 0 Å². The first-order valence-electron chi connectivity index (χ1n) is 9.79. The summed E-state index contributed by atoms with van der Waals surface area (Å²) < 4.78 is 0. The Hall–Kier alpha value is -3.46. The van der Waals surface area contributed by atoms with Crippen LogP contribution in [0.2, 0.25) is 0 Å². The van der Waals surface area contributed by atoms with E-state index < -0.39 is 0 Å². The van der Waals surface area contributed by atoms with Crippen molar-refractivity contribution >= 4 is 22.5 Å². The van der Waals surface area contributed by atoms with Crippen LogP contribution < -0.4 is 5.32 Å². The van der Waals surface area contributed by atoms with Gasteiger partial charge in [-0.25, -0.2) is 4.98 Å². The number of aryl methyl sites for hydroxylation is 3. The van der Waals surface area contributed by atoms with Gasteiger partial charge in [0, 0.05) is 16.6 Å². The maximum atomic E-state index is 13.5. The molecule has 0 fully saturated rings. The van der Waals surface area contributed by atoms with Crippen LogP contribution in [0.4, 0.5) is 5.69 Å². The summed E-state index contributed by atoms with van der Waals surface area (Å²) in [5, 5.41) is 4.01. The maximum absolute atomic E-state index is 13.5. The van der Waals surface area contributed by atoms with E-state index in [1.165, 1.54) is 5.56 Å². The van der Waals surface area contributed by atoms with Crippen LogP contribution in [-0.2, 0) is 0 Å². The number of amides is 1. The molecular weight excluding hydrogens is 356 g/mol. The van der Waals surface area contributed by atoms with Crippen molar-refractivity contribution in [3.05, 3.63) is 94.5 Å².